The smallest absolute Gasteiger partial charge is 0.354 e. The molecule has 158 valence electrons. The van der Waals surface area contributed by atoms with Crippen molar-refractivity contribution in [3.63, 3.8) is 0 Å². The first kappa shape index (κ1) is 20.9. The van der Waals surface area contributed by atoms with Crippen molar-refractivity contribution in [2.75, 3.05) is 19.8 Å². The van der Waals surface area contributed by atoms with Crippen LogP contribution in [0.2, 0.25) is 0 Å². The number of hydrogen-bond acceptors (Lipinski definition) is 7. The van der Waals surface area contributed by atoms with Crippen LogP contribution in [-0.4, -0.2) is 57.9 Å². The molecule has 10 heteroatoms. The Labute approximate surface area is 170 Å². The molecule has 3 aromatic rings. The fraction of sp³-hybridized carbons (Fsp3) is 0.300. The normalized spacial score (nSPS) is 10.9. The van der Waals surface area contributed by atoms with Crippen LogP contribution in [0.15, 0.2) is 12.1 Å². The summed E-state index contributed by atoms with van der Waals surface area (Å²) in [5.41, 5.74) is -0.422. The highest BCUT2D eigenvalue weighted by molar-refractivity contribution is 6.20. The van der Waals surface area contributed by atoms with Crippen molar-refractivity contribution < 1.29 is 38.8 Å². The second-order valence-electron chi connectivity index (χ2n) is 6.11. The molecule has 0 atom stereocenters. The van der Waals surface area contributed by atoms with Gasteiger partial charge in [-0.25, -0.2) is 19.4 Å². The number of rotatable bonds is 8. The first-order valence-electron chi connectivity index (χ1n) is 9.26. The second-order valence-corrected chi connectivity index (χ2v) is 6.11. The second kappa shape index (κ2) is 8.27. The summed E-state index contributed by atoms with van der Waals surface area (Å²) in [7, 11) is 0. The Bertz CT molecular complexity index is 1170. The highest BCUT2D eigenvalue weighted by Gasteiger charge is 2.27. The highest BCUT2D eigenvalue weighted by Crippen LogP contribution is 2.44. The van der Waals surface area contributed by atoms with Crippen LogP contribution >= 0.6 is 0 Å². The van der Waals surface area contributed by atoms with E-state index >= 15 is 0 Å². The molecule has 3 rings (SSSR count). The number of carboxylic acid groups (broad SMARTS) is 2. The predicted molar refractivity (Wildman–Crippen MR) is 106 cm³/mol. The maximum atomic E-state index is 12.3. The Balaban J connectivity index is 2.55. The van der Waals surface area contributed by atoms with Crippen LogP contribution in [0.5, 0.6) is 11.5 Å². The van der Waals surface area contributed by atoms with Gasteiger partial charge in [0.2, 0.25) is 0 Å². The molecule has 30 heavy (non-hydrogen) atoms. The van der Waals surface area contributed by atoms with E-state index < -0.39 is 23.6 Å². The summed E-state index contributed by atoms with van der Waals surface area (Å²) in [6, 6.07) is 2.45. The molecule has 0 aliphatic rings. The topological polar surface area (TPSA) is 148 Å². The predicted octanol–water partition coefficient (Wildman–Crippen LogP) is 3.09. The number of carbonyl (C=O) groups excluding carboxylic acids is 1. The van der Waals surface area contributed by atoms with Crippen LogP contribution in [0, 0.1) is 0 Å². The van der Waals surface area contributed by atoms with Crippen molar-refractivity contribution in [2.24, 2.45) is 0 Å². The van der Waals surface area contributed by atoms with E-state index in [4.69, 9.17) is 14.2 Å². The van der Waals surface area contributed by atoms with Crippen LogP contribution in [0.4, 0.5) is 0 Å². The first-order chi connectivity index (χ1) is 14.3. The van der Waals surface area contributed by atoms with E-state index in [-0.39, 0.29) is 59.0 Å². The average Bonchev–Trinajstić information content (AvgIpc) is 3.15. The van der Waals surface area contributed by atoms with Crippen LogP contribution in [0.25, 0.3) is 21.8 Å². The molecule has 3 N–H and O–H groups in total. The van der Waals surface area contributed by atoms with E-state index in [1.165, 1.54) is 6.07 Å². The lowest BCUT2D eigenvalue weighted by molar-refractivity contribution is 0.0519. The number of benzene rings is 1. The third-order valence-electron chi connectivity index (χ3n) is 4.28. The number of nitrogens with one attached hydrogen (secondary N) is 1. The van der Waals surface area contributed by atoms with Gasteiger partial charge >= 0.3 is 17.9 Å². The Morgan fingerprint density at radius 3 is 2.20 bits per heavy atom. The number of fused-ring (bicyclic) bond motifs is 3. The zero-order valence-electron chi connectivity index (χ0n) is 16.6. The van der Waals surface area contributed by atoms with Crippen molar-refractivity contribution >= 4 is 39.7 Å². The van der Waals surface area contributed by atoms with Gasteiger partial charge < -0.3 is 29.4 Å². The van der Waals surface area contributed by atoms with Gasteiger partial charge in [0.05, 0.1) is 30.9 Å². The Kier molecular flexibility index (Phi) is 5.77. The summed E-state index contributed by atoms with van der Waals surface area (Å²) in [5.74, 6) is -3.06. The van der Waals surface area contributed by atoms with Gasteiger partial charge in [0.15, 0.2) is 11.5 Å². The van der Waals surface area contributed by atoms with Crippen molar-refractivity contribution in [1.29, 1.82) is 0 Å². The van der Waals surface area contributed by atoms with Crippen molar-refractivity contribution in [2.45, 2.75) is 20.8 Å². The van der Waals surface area contributed by atoms with E-state index in [1.54, 1.807) is 20.8 Å². The maximum Gasteiger partial charge on any atom is 0.354 e. The Morgan fingerprint density at radius 1 is 0.967 bits per heavy atom. The fourth-order valence-electron chi connectivity index (χ4n) is 3.19. The summed E-state index contributed by atoms with van der Waals surface area (Å²) in [6.07, 6.45) is 0. The molecule has 2 heterocycles. The van der Waals surface area contributed by atoms with Gasteiger partial charge in [-0.1, -0.05) is 0 Å². The molecule has 0 amide bonds. The maximum absolute atomic E-state index is 12.3. The third-order valence-corrected chi connectivity index (χ3v) is 4.28. The van der Waals surface area contributed by atoms with Gasteiger partial charge in [-0.15, -0.1) is 0 Å². The van der Waals surface area contributed by atoms with Gasteiger partial charge in [-0.3, -0.25) is 0 Å². The molecule has 0 bridgehead atoms. The largest absolute Gasteiger partial charge is 0.489 e. The third kappa shape index (κ3) is 3.47. The molecule has 2 aromatic heterocycles. The molecule has 0 aliphatic carbocycles. The number of aromatic amines is 1. The summed E-state index contributed by atoms with van der Waals surface area (Å²) in [4.78, 5) is 42.7. The minimum atomic E-state index is -1.39. The van der Waals surface area contributed by atoms with E-state index in [2.05, 4.69) is 9.97 Å². The van der Waals surface area contributed by atoms with Gasteiger partial charge in [0.25, 0.3) is 0 Å². The first-order valence-corrected chi connectivity index (χ1v) is 9.26. The molecule has 0 spiro atoms. The highest BCUT2D eigenvalue weighted by atomic mass is 16.5. The lowest BCUT2D eigenvalue weighted by Crippen LogP contribution is -2.09. The standard InChI is InChI=1S/C20H20N2O8/c1-4-28-16-10-8-12(20(27)30-6-3)22-14(10)13-9(18(23)24)7-11(19(25)26)21-15(13)17(16)29-5-2/h7-8,22H,4-6H2,1-3H3,(H,23,24)(H,25,26). The van der Waals surface area contributed by atoms with Crippen LogP contribution in [-0.2, 0) is 4.74 Å². The van der Waals surface area contributed by atoms with Crippen molar-refractivity contribution in [3.05, 3.63) is 29.1 Å². The average molecular weight is 416 g/mol. The number of carbonyl (C=O) groups is 3. The molecular formula is C20H20N2O8. The van der Waals surface area contributed by atoms with Crippen LogP contribution in [0.1, 0.15) is 52.1 Å². The summed E-state index contributed by atoms with van der Waals surface area (Å²) < 4.78 is 16.5. The Morgan fingerprint density at radius 2 is 1.63 bits per heavy atom. The molecule has 0 radical (unpaired) electrons. The van der Waals surface area contributed by atoms with Gasteiger partial charge in [-0.05, 0) is 32.9 Å². The quantitative estimate of drug-likeness (QED) is 0.471. The molecule has 1 aromatic carbocycles. The minimum Gasteiger partial charge on any atom is -0.489 e. The molecule has 0 saturated heterocycles. The monoisotopic (exact) mass is 416 g/mol. The number of carboxylic acids is 2. The van der Waals surface area contributed by atoms with E-state index in [0.29, 0.717) is 5.39 Å². The summed E-state index contributed by atoms with van der Waals surface area (Å²) in [6.45, 7) is 5.71. The molecule has 0 aliphatic heterocycles. The van der Waals surface area contributed by atoms with E-state index in [9.17, 15) is 24.6 Å². The van der Waals surface area contributed by atoms with Crippen LogP contribution < -0.4 is 9.47 Å². The number of esters is 1. The minimum absolute atomic E-state index is 0.00218. The van der Waals surface area contributed by atoms with E-state index in [1.807, 2.05) is 0 Å². The number of aromatic carboxylic acids is 2. The zero-order valence-corrected chi connectivity index (χ0v) is 16.6. The van der Waals surface area contributed by atoms with Gasteiger partial charge in [0.1, 0.15) is 16.9 Å². The number of pyridine rings is 1. The molecule has 0 fully saturated rings. The molecule has 10 nitrogen and oxygen atoms in total. The molecular weight excluding hydrogens is 396 g/mol. The SMILES string of the molecule is CCOC(=O)c1cc2c(OCC)c(OCC)c3nc(C(=O)O)cc(C(=O)O)c3c2[nH]1. The number of H-pyrrole nitrogens is 1. The lowest BCUT2D eigenvalue weighted by Gasteiger charge is -2.16. The van der Waals surface area contributed by atoms with E-state index in [0.717, 1.165) is 6.07 Å². The number of ether oxygens (including phenoxy) is 3. The zero-order chi connectivity index (χ0) is 22.0. The van der Waals surface area contributed by atoms with Crippen molar-refractivity contribution in [3.8, 4) is 11.5 Å². The molecule has 0 saturated carbocycles. The molecule has 0 unspecified atom stereocenters. The van der Waals surface area contributed by atoms with Gasteiger partial charge in [0, 0.05) is 10.8 Å². The summed E-state index contributed by atoms with van der Waals surface area (Å²) in [5, 5.41) is 19.6. The number of nitrogens with zero attached hydrogens (tertiary/aromatic N) is 1. The fourth-order valence-corrected chi connectivity index (χ4v) is 3.19. The number of hydrogen-bond donors (Lipinski definition) is 3. The Hall–Kier alpha value is -3.82. The number of aromatic nitrogens is 2. The van der Waals surface area contributed by atoms with Crippen LogP contribution in [0.3, 0.4) is 0 Å². The van der Waals surface area contributed by atoms with Crippen molar-refractivity contribution in [1.82, 2.24) is 9.97 Å². The van der Waals surface area contributed by atoms with Gasteiger partial charge in [-0.2, -0.15) is 0 Å². The summed E-state index contributed by atoms with van der Waals surface area (Å²) >= 11 is 0. The lowest BCUT2D eigenvalue weighted by atomic mass is 10.0.